The van der Waals surface area contributed by atoms with E-state index in [0.29, 0.717) is 36.2 Å². The highest BCUT2D eigenvalue weighted by Crippen LogP contribution is 2.51. The Hall–Kier alpha value is -6.36. The lowest BCUT2D eigenvalue weighted by atomic mass is 9.55. The highest BCUT2D eigenvalue weighted by molar-refractivity contribution is 7.80. The fraction of sp³-hybridized carbons (Fsp3) is 0.259. The van der Waals surface area contributed by atoms with Crippen LogP contribution in [0.2, 0.25) is 0 Å². The van der Waals surface area contributed by atoms with Crippen molar-refractivity contribution >= 4 is 46.4 Å². The van der Waals surface area contributed by atoms with E-state index in [2.05, 4.69) is 23.6 Å². The van der Waals surface area contributed by atoms with Gasteiger partial charge in [-0.1, -0.05) is 160 Å². The van der Waals surface area contributed by atoms with Crippen LogP contribution in [-0.4, -0.2) is 44.8 Å². The largest absolute Gasteiger partial charge is 0.461 e. The minimum absolute atomic E-state index is 0.0541. The monoisotopic (exact) mass is 890 g/mol. The molecule has 328 valence electrons. The van der Waals surface area contributed by atoms with Gasteiger partial charge in [-0.25, -0.2) is 0 Å². The number of benzene rings is 6. The summed E-state index contributed by atoms with van der Waals surface area (Å²) in [4.78, 5) is 34.5. The predicted molar refractivity (Wildman–Crippen MR) is 259 cm³/mol. The molecule has 0 saturated heterocycles. The maximum absolute atomic E-state index is 14.6. The van der Waals surface area contributed by atoms with E-state index in [1.54, 1.807) is 0 Å². The van der Waals surface area contributed by atoms with Gasteiger partial charge in [0.2, 0.25) is 0 Å². The lowest BCUT2D eigenvalue weighted by Crippen LogP contribution is -2.64. The third-order valence-electron chi connectivity index (χ3n) is 11.3. The van der Waals surface area contributed by atoms with Crippen LogP contribution in [-0.2, 0) is 45.4 Å². The van der Waals surface area contributed by atoms with E-state index >= 15 is 0 Å². The predicted octanol–water partition coefficient (Wildman–Crippen LogP) is 12.0. The molecule has 0 aromatic heterocycles. The van der Waals surface area contributed by atoms with Crippen molar-refractivity contribution in [1.29, 1.82) is 0 Å². The molecule has 64 heavy (non-hydrogen) atoms. The molecule has 1 saturated carbocycles. The Bertz CT molecular complexity index is 2250. The molecule has 10 heteroatoms. The van der Waals surface area contributed by atoms with Crippen molar-refractivity contribution in [3.8, 4) is 23.0 Å². The fourth-order valence-electron chi connectivity index (χ4n) is 8.11. The smallest absolute Gasteiger partial charge is 0.310 e. The molecule has 1 aliphatic carbocycles. The number of hydrogen-bond acceptors (Lipinski definition) is 8. The molecule has 0 spiro atoms. The zero-order valence-electron chi connectivity index (χ0n) is 36.3. The first-order chi connectivity index (χ1) is 31.3. The molecule has 0 N–H and O–H groups in total. The maximum Gasteiger partial charge on any atom is 0.310 e. The number of rotatable bonds is 20. The lowest BCUT2D eigenvalue weighted by molar-refractivity contribution is -0.175. The van der Waals surface area contributed by atoms with E-state index in [0.717, 1.165) is 58.1 Å². The molecule has 6 aromatic carbocycles. The number of hydrogen-bond donors (Lipinski definition) is 0. The molecular formula is C54H54N2O6S2. The van der Waals surface area contributed by atoms with Gasteiger partial charge in [0, 0.05) is 38.0 Å². The first kappa shape index (κ1) is 45.7. The van der Waals surface area contributed by atoms with Crippen molar-refractivity contribution in [2.24, 2.45) is 23.7 Å². The third-order valence-corrected chi connectivity index (χ3v) is 12.3. The Morgan fingerprint density at radius 1 is 0.422 bits per heavy atom. The minimum atomic E-state index is -0.929. The summed E-state index contributed by atoms with van der Waals surface area (Å²) in [5.41, 5.74) is 3.71. The molecule has 4 atom stereocenters. The van der Waals surface area contributed by atoms with Gasteiger partial charge in [0.05, 0.1) is 21.8 Å². The van der Waals surface area contributed by atoms with Crippen LogP contribution in [0.5, 0.6) is 23.0 Å². The van der Waals surface area contributed by atoms with Crippen LogP contribution >= 0.6 is 24.4 Å². The molecule has 8 nitrogen and oxygen atoms in total. The zero-order chi connectivity index (χ0) is 44.7. The Balaban J connectivity index is 1.19. The van der Waals surface area contributed by atoms with Crippen LogP contribution in [0.3, 0.4) is 0 Å². The first-order valence-electron chi connectivity index (χ1n) is 21.9. The van der Waals surface area contributed by atoms with Crippen molar-refractivity contribution in [3.63, 3.8) is 0 Å². The van der Waals surface area contributed by atoms with Crippen LogP contribution < -0.4 is 9.47 Å². The second-order valence-electron chi connectivity index (χ2n) is 15.9. The molecule has 7 rings (SSSR count). The number of carbonyl (C=O) groups excluding carboxylic acids is 2. The van der Waals surface area contributed by atoms with Crippen LogP contribution in [0.1, 0.15) is 48.9 Å². The number of thiocarbonyl (C=S) groups is 2. The summed E-state index contributed by atoms with van der Waals surface area (Å²) in [6, 6.07) is 54.3. The van der Waals surface area contributed by atoms with Gasteiger partial charge in [-0.3, -0.25) is 9.59 Å². The van der Waals surface area contributed by atoms with Gasteiger partial charge in [-0.05, 0) is 83.6 Å². The van der Waals surface area contributed by atoms with Crippen molar-refractivity contribution in [1.82, 2.24) is 9.80 Å². The van der Waals surface area contributed by atoms with Crippen molar-refractivity contribution in [2.45, 2.75) is 53.0 Å². The van der Waals surface area contributed by atoms with E-state index in [9.17, 15) is 9.59 Å². The molecule has 0 heterocycles. The second-order valence-corrected chi connectivity index (χ2v) is 16.8. The minimum Gasteiger partial charge on any atom is -0.461 e. The van der Waals surface area contributed by atoms with E-state index in [1.165, 1.54) is 0 Å². The highest BCUT2D eigenvalue weighted by Gasteiger charge is 2.63. The van der Waals surface area contributed by atoms with Gasteiger partial charge in [0.15, 0.2) is 0 Å². The SMILES string of the molecule is CCCN(Cc1ccc(Oc2ccccc2)cc1)C(=S)[C@@H]1[C@H](C(=O)OCc2ccccc2)[C@@H](C(=O)OCc2ccccc2)[C@H]1C(=S)N(CCC)Cc1ccc(Oc2ccccc2)cc1. The average molecular weight is 891 g/mol. The van der Waals surface area contributed by atoms with E-state index in [-0.39, 0.29) is 13.2 Å². The standard InChI is InChI=1S/C54H54N2O6S2/c1-3-33-55(35-39-25-29-45(30-26-39)61-43-21-13-7-14-22-43)51(63)47-48(52(64)56(34-4-2)36-40-27-31-46(32-28-40)62-44-23-15-8-16-24-44)50(54(58)60-38-42-19-11-6-12-20-42)49(47)53(57)59-37-41-17-9-5-10-18-41/h5-32,47-50H,3-4,33-38H2,1-2H3/t47-,48-,49-,50-/m0/s1. The Kier molecular flexibility index (Phi) is 16.3. The average Bonchev–Trinajstić information content (AvgIpc) is 3.32. The van der Waals surface area contributed by atoms with E-state index < -0.39 is 35.6 Å². The summed E-state index contributed by atoms with van der Waals surface area (Å²) in [5.74, 6) is -1.16. The molecule has 0 radical (unpaired) electrons. The summed E-state index contributed by atoms with van der Waals surface area (Å²) in [6.45, 7) is 6.54. The molecule has 0 amide bonds. The van der Waals surface area contributed by atoms with Gasteiger partial charge in [-0.15, -0.1) is 0 Å². The van der Waals surface area contributed by atoms with Crippen LogP contribution in [0.25, 0.3) is 0 Å². The van der Waals surface area contributed by atoms with Crippen LogP contribution in [0, 0.1) is 23.7 Å². The quantitative estimate of drug-likeness (QED) is 0.0546. The lowest BCUT2D eigenvalue weighted by Gasteiger charge is -2.52. The number of carbonyl (C=O) groups is 2. The normalized spacial score (nSPS) is 16.4. The number of esters is 2. The summed E-state index contributed by atoms with van der Waals surface area (Å²) in [5, 5.41) is 0. The van der Waals surface area contributed by atoms with E-state index in [1.807, 2.05) is 170 Å². The Morgan fingerprint density at radius 3 is 1.06 bits per heavy atom. The van der Waals surface area contributed by atoms with E-state index in [4.69, 9.17) is 43.4 Å². The van der Waals surface area contributed by atoms with Crippen LogP contribution in [0.15, 0.2) is 170 Å². The van der Waals surface area contributed by atoms with Gasteiger partial charge >= 0.3 is 11.9 Å². The summed E-state index contributed by atoms with van der Waals surface area (Å²) in [7, 11) is 0. The van der Waals surface area contributed by atoms with Crippen molar-refractivity contribution < 1.29 is 28.5 Å². The van der Waals surface area contributed by atoms with Gasteiger partial charge in [0.25, 0.3) is 0 Å². The van der Waals surface area contributed by atoms with Crippen molar-refractivity contribution in [3.05, 3.63) is 192 Å². The van der Waals surface area contributed by atoms with Gasteiger partial charge in [0.1, 0.15) is 36.2 Å². The Morgan fingerprint density at radius 2 is 0.734 bits per heavy atom. The molecular weight excluding hydrogens is 837 g/mol. The third kappa shape index (κ3) is 12.0. The molecule has 0 unspecified atom stereocenters. The summed E-state index contributed by atoms with van der Waals surface area (Å²) >= 11 is 12.9. The number of nitrogens with zero attached hydrogens (tertiary/aromatic N) is 2. The number of para-hydroxylation sites is 2. The molecule has 1 fully saturated rings. The molecule has 0 aliphatic heterocycles. The van der Waals surface area contributed by atoms with Gasteiger partial charge in [-0.2, -0.15) is 0 Å². The van der Waals surface area contributed by atoms with Crippen LogP contribution in [0.4, 0.5) is 0 Å². The second kappa shape index (κ2) is 22.8. The molecule has 0 bridgehead atoms. The Labute approximate surface area is 387 Å². The van der Waals surface area contributed by atoms with Crippen molar-refractivity contribution in [2.75, 3.05) is 13.1 Å². The van der Waals surface area contributed by atoms with Gasteiger partial charge < -0.3 is 28.7 Å². The molecule has 1 aliphatic rings. The molecule has 6 aromatic rings. The zero-order valence-corrected chi connectivity index (χ0v) is 37.9. The number of ether oxygens (including phenoxy) is 4. The fourth-order valence-corrected chi connectivity index (χ4v) is 9.01. The topological polar surface area (TPSA) is 77.5 Å². The summed E-state index contributed by atoms with van der Waals surface area (Å²) < 4.78 is 24.2. The maximum atomic E-state index is 14.6. The first-order valence-corrected chi connectivity index (χ1v) is 22.7. The highest BCUT2D eigenvalue weighted by atomic mass is 32.1. The summed E-state index contributed by atoms with van der Waals surface area (Å²) in [6.07, 6.45) is 1.60.